The molecular formula is C8H9BrF2N2O. The second-order valence-electron chi connectivity index (χ2n) is 2.55. The molecule has 0 saturated heterocycles. The number of alkyl halides is 3. The normalized spacial score (nSPS) is 10.6. The van der Waals surface area contributed by atoms with Crippen LogP contribution in [0.15, 0.2) is 6.07 Å². The van der Waals surface area contributed by atoms with Crippen LogP contribution < -0.4 is 10.5 Å². The summed E-state index contributed by atoms with van der Waals surface area (Å²) in [6, 6.07) is 1.35. The van der Waals surface area contributed by atoms with Gasteiger partial charge in [-0.3, -0.25) is 0 Å². The van der Waals surface area contributed by atoms with E-state index in [9.17, 15) is 8.78 Å². The van der Waals surface area contributed by atoms with E-state index in [-0.39, 0.29) is 11.4 Å². The van der Waals surface area contributed by atoms with E-state index in [0.29, 0.717) is 16.7 Å². The Morgan fingerprint density at radius 1 is 1.64 bits per heavy atom. The van der Waals surface area contributed by atoms with E-state index in [0.717, 1.165) is 0 Å². The van der Waals surface area contributed by atoms with Crippen LogP contribution in [0.3, 0.4) is 0 Å². The van der Waals surface area contributed by atoms with Crippen LogP contribution in [0.25, 0.3) is 0 Å². The minimum atomic E-state index is -2.66. The molecular weight excluding hydrogens is 258 g/mol. The van der Waals surface area contributed by atoms with E-state index < -0.39 is 6.43 Å². The molecule has 0 aliphatic rings. The molecule has 0 aliphatic heterocycles. The molecule has 0 atom stereocenters. The highest BCUT2D eigenvalue weighted by molar-refractivity contribution is 9.08. The molecule has 1 rings (SSSR count). The number of hydrogen-bond acceptors (Lipinski definition) is 3. The van der Waals surface area contributed by atoms with Gasteiger partial charge >= 0.3 is 0 Å². The fourth-order valence-electron chi connectivity index (χ4n) is 0.990. The standard InChI is InChI=1S/C8H9BrF2N2O/c1-14-6-2-4(12)5(3-9)13-7(6)8(10)11/h2,8H,3,12H2,1H3. The Morgan fingerprint density at radius 2 is 2.29 bits per heavy atom. The minimum Gasteiger partial charge on any atom is -0.495 e. The summed E-state index contributed by atoms with van der Waals surface area (Å²) < 4.78 is 29.7. The number of aromatic nitrogens is 1. The number of methoxy groups -OCH3 is 1. The molecule has 1 aromatic heterocycles. The number of nitrogen functional groups attached to an aromatic ring is 1. The summed E-state index contributed by atoms with van der Waals surface area (Å²) in [6.07, 6.45) is -2.66. The summed E-state index contributed by atoms with van der Waals surface area (Å²) in [5.74, 6) is 0.0159. The Morgan fingerprint density at radius 3 is 2.71 bits per heavy atom. The molecule has 1 aromatic rings. The van der Waals surface area contributed by atoms with Crippen molar-refractivity contribution in [1.82, 2.24) is 4.98 Å². The number of ether oxygens (including phenoxy) is 1. The third-order valence-electron chi connectivity index (χ3n) is 1.68. The van der Waals surface area contributed by atoms with Crippen molar-refractivity contribution in [2.24, 2.45) is 0 Å². The average Bonchev–Trinajstić information content (AvgIpc) is 2.16. The van der Waals surface area contributed by atoms with Gasteiger partial charge in [0, 0.05) is 11.4 Å². The molecule has 2 N–H and O–H groups in total. The summed E-state index contributed by atoms with van der Waals surface area (Å²) in [5.41, 5.74) is 5.91. The number of anilines is 1. The van der Waals surface area contributed by atoms with Gasteiger partial charge in [-0.2, -0.15) is 0 Å². The number of nitrogens with two attached hydrogens (primary N) is 1. The zero-order chi connectivity index (χ0) is 10.7. The minimum absolute atomic E-state index is 0.0159. The predicted octanol–water partition coefficient (Wildman–Crippen LogP) is 2.50. The predicted molar refractivity (Wildman–Crippen MR) is 52.8 cm³/mol. The van der Waals surface area contributed by atoms with Crippen LogP contribution in [0, 0.1) is 0 Å². The topological polar surface area (TPSA) is 48.1 Å². The van der Waals surface area contributed by atoms with Gasteiger partial charge in [-0.25, -0.2) is 13.8 Å². The second-order valence-corrected chi connectivity index (χ2v) is 3.11. The first-order valence-corrected chi connectivity index (χ1v) is 4.89. The van der Waals surface area contributed by atoms with E-state index >= 15 is 0 Å². The van der Waals surface area contributed by atoms with Crippen LogP contribution in [-0.4, -0.2) is 12.1 Å². The molecule has 0 radical (unpaired) electrons. The van der Waals surface area contributed by atoms with Gasteiger partial charge in [-0.05, 0) is 0 Å². The summed E-state index contributed by atoms with van der Waals surface area (Å²) in [7, 11) is 1.30. The molecule has 0 aromatic carbocycles. The van der Waals surface area contributed by atoms with E-state index in [2.05, 4.69) is 20.9 Å². The van der Waals surface area contributed by atoms with Crippen LogP contribution in [0.4, 0.5) is 14.5 Å². The van der Waals surface area contributed by atoms with Gasteiger partial charge in [-0.15, -0.1) is 0 Å². The van der Waals surface area contributed by atoms with Crippen molar-refractivity contribution in [2.75, 3.05) is 12.8 Å². The second kappa shape index (κ2) is 4.54. The lowest BCUT2D eigenvalue weighted by Crippen LogP contribution is -2.03. The Labute approximate surface area is 88.4 Å². The quantitative estimate of drug-likeness (QED) is 0.856. The molecule has 0 unspecified atom stereocenters. The maximum Gasteiger partial charge on any atom is 0.284 e. The van der Waals surface area contributed by atoms with Gasteiger partial charge in [-0.1, -0.05) is 15.9 Å². The van der Waals surface area contributed by atoms with E-state index in [1.165, 1.54) is 13.2 Å². The molecule has 6 heteroatoms. The maximum atomic E-state index is 12.5. The largest absolute Gasteiger partial charge is 0.495 e. The van der Waals surface area contributed by atoms with Crippen molar-refractivity contribution in [3.05, 3.63) is 17.5 Å². The van der Waals surface area contributed by atoms with Crippen LogP contribution in [0.5, 0.6) is 5.75 Å². The molecule has 0 saturated carbocycles. The third kappa shape index (κ3) is 2.12. The number of halogens is 3. The van der Waals surface area contributed by atoms with Gasteiger partial charge in [0.05, 0.1) is 18.5 Å². The Kier molecular flexibility index (Phi) is 3.62. The van der Waals surface area contributed by atoms with Crippen LogP contribution in [0.2, 0.25) is 0 Å². The van der Waals surface area contributed by atoms with Crippen LogP contribution in [0.1, 0.15) is 17.8 Å². The summed E-state index contributed by atoms with van der Waals surface area (Å²) in [4.78, 5) is 3.71. The van der Waals surface area contributed by atoms with Gasteiger partial charge in [0.1, 0.15) is 11.4 Å². The fraction of sp³-hybridized carbons (Fsp3) is 0.375. The Hall–Kier alpha value is -0.910. The molecule has 0 bridgehead atoms. The monoisotopic (exact) mass is 266 g/mol. The third-order valence-corrected chi connectivity index (χ3v) is 2.21. The Bertz CT molecular complexity index is 333. The lowest BCUT2D eigenvalue weighted by molar-refractivity contribution is 0.141. The lowest BCUT2D eigenvalue weighted by Gasteiger charge is -2.10. The van der Waals surface area contributed by atoms with Gasteiger partial charge in [0.2, 0.25) is 0 Å². The van der Waals surface area contributed by atoms with E-state index in [1.54, 1.807) is 0 Å². The number of hydrogen-bond donors (Lipinski definition) is 1. The van der Waals surface area contributed by atoms with Gasteiger partial charge in [0.25, 0.3) is 6.43 Å². The number of pyridine rings is 1. The molecule has 0 amide bonds. The highest BCUT2D eigenvalue weighted by Gasteiger charge is 2.18. The molecule has 1 heterocycles. The van der Waals surface area contributed by atoms with Crippen molar-refractivity contribution in [1.29, 1.82) is 0 Å². The zero-order valence-corrected chi connectivity index (χ0v) is 9.01. The number of rotatable bonds is 3. The SMILES string of the molecule is COc1cc(N)c(CBr)nc1C(F)F. The summed E-state index contributed by atoms with van der Waals surface area (Å²) in [5, 5.41) is 0.336. The van der Waals surface area contributed by atoms with Gasteiger partial charge in [0.15, 0.2) is 0 Å². The van der Waals surface area contributed by atoms with Crippen molar-refractivity contribution in [3.63, 3.8) is 0 Å². The van der Waals surface area contributed by atoms with Crippen LogP contribution >= 0.6 is 15.9 Å². The first-order chi connectivity index (χ1) is 6.60. The molecule has 0 spiro atoms. The Balaban J connectivity index is 3.25. The van der Waals surface area contributed by atoms with Crippen molar-refractivity contribution in [2.45, 2.75) is 11.8 Å². The fourth-order valence-corrected chi connectivity index (χ4v) is 1.44. The molecule has 3 nitrogen and oxygen atoms in total. The smallest absolute Gasteiger partial charge is 0.284 e. The summed E-state index contributed by atoms with van der Waals surface area (Å²) >= 11 is 3.11. The summed E-state index contributed by atoms with van der Waals surface area (Å²) in [6.45, 7) is 0. The van der Waals surface area contributed by atoms with E-state index in [1.807, 2.05) is 0 Å². The van der Waals surface area contributed by atoms with E-state index in [4.69, 9.17) is 10.5 Å². The number of nitrogens with zero attached hydrogens (tertiary/aromatic N) is 1. The maximum absolute atomic E-state index is 12.5. The van der Waals surface area contributed by atoms with Crippen molar-refractivity contribution >= 4 is 21.6 Å². The highest BCUT2D eigenvalue weighted by atomic mass is 79.9. The average molecular weight is 267 g/mol. The highest BCUT2D eigenvalue weighted by Crippen LogP contribution is 2.30. The first kappa shape index (κ1) is 11.2. The van der Waals surface area contributed by atoms with Crippen molar-refractivity contribution in [3.8, 4) is 5.75 Å². The zero-order valence-electron chi connectivity index (χ0n) is 7.43. The van der Waals surface area contributed by atoms with Gasteiger partial charge < -0.3 is 10.5 Å². The van der Waals surface area contributed by atoms with Crippen LogP contribution in [-0.2, 0) is 5.33 Å². The molecule has 14 heavy (non-hydrogen) atoms. The first-order valence-electron chi connectivity index (χ1n) is 3.77. The molecule has 0 fully saturated rings. The molecule has 78 valence electrons. The molecule has 0 aliphatic carbocycles. The lowest BCUT2D eigenvalue weighted by atomic mass is 10.2. The van der Waals surface area contributed by atoms with Crippen molar-refractivity contribution < 1.29 is 13.5 Å².